The molecule has 4 N–H and O–H groups in total. The van der Waals surface area contributed by atoms with E-state index in [0.29, 0.717) is 23.2 Å². The van der Waals surface area contributed by atoms with Crippen molar-refractivity contribution in [2.24, 2.45) is 0 Å². The molecule has 1 aliphatic rings. The van der Waals surface area contributed by atoms with E-state index in [1.54, 1.807) is 7.11 Å². The number of amides is 1. The first-order chi connectivity index (χ1) is 9.04. The summed E-state index contributed by atoms with van der Waals surface area (Å²) in [6, 6.07) is 0. The molecule has 1 heterocycles. The SMILES string of the molecule is COCCNc1nc(N)c(C(=O)NC2(C)CCC2)s1. The maximum absolute atomic E-state index is 12.1. The molecule has 0 bridgehead atoms. The van der Waals surface area contributed by atoms with Crippen LogP contribution in [0.1, 0.15) is 35.9 Å². The number of thiazole rings is 1. The van der Waals surface area contributed by atoms with E-state index in [0.717, 1.165) is 12.8 Å². The van der Waals surface area contributed by atoms with Crippen LogP contribution in [0.4, 0.5) is 10.9 Å². The number of carbonyl (C=O) groups is 1. The first-order valence-corrected chi connectivity index (χ1v) is 7.17. The van der Waals surface area contributed by atoms with Gasteiger partial charge in [-0.15, -0.1) is 0 Å². The molecule has 6 nitrogen and oxygen atoms in total. The van der Waals surface area contributed by atoms with Gasteiger partial charge >= 0.3 is 0 Å². The van der Waals surface area contributed by atoms with Gasteiger partial charge in [0.05, 0.1) is 6.61 Å². The van der Waals surface area contributed by atoms with Gasteiger partial charge in [-0.05, 0) is 26.2 Å². The molecule has 0 saturated heterocycles. The van der Waals surface area contributed by atoms with Crippen LogP contribution in [0.15, 0.2) is 0 Å². The Balaban J connectivity index is 1.97. The van der Waals surface area contributed by atoms with Crippen molar-refractivity contribution in [3.63, 3.8) is 0 Å². The Morgan fingerprint density at radius 1 is 1.58 bits per heavy atom. The van der Waals surface area contributed by atoms with Crippen LogP contribution in [0.25, 0.3) is 0 Å². The summed E-state index contributed by atoms with van der Waals surface area (Å²) in [6.45, 7) is 3.28. The van der Waals surface area contributed by atoms with E-state index < -0.39 is 0 Å². The van der Waals surface area contributed by atoms with Gasteiger partial charge in [0, 0.05) is 19.2 Å². The molecule has 106 valence electrons. The van der Waals surface area contributed by atoms with Gasteiger partial charge in [0.15, 0.2) is 5.13 Å². The molecular weight excluding hydrogens is 264 g/mol. The van der Waals surface area contributed by atoms with Crippen LogP contribution < -0.4 is 16.4 Å². The largest absolute Gasteiger partial charge is 0.383 e. The number of methoxy groups -OCH3 is 1. The number of rotatable bonds is 6. The third-order valence-electron chi connectivity index (χ3n) is 3.31. The summed E-state index contributed by atoms with van der Waals surface area (Å²) in [6.07, 6.45) is 3.21. The lowest BCUT2D eigenvalue weighted by Crippen LogP contribution is -2.50. The fraction of sp³-hybridized carbons (Fsp3) is 0.667. The van der Waals surface area contributed by atoms with Gasteiger partial charge in [-0.3, -0.25) is 4.79 Å². The highest BCUT2D eigenvalue weighted by atomic mass is 32.1. The summed E-state index contributed by atoms with van der Waals surface area (Å²) in [5.74, 6) is 0.155. The van der Waals surface area contributed by atoms with Crippen molar-refractivity contribution < 1.29 is 9.53 Å². The molecule has 0 radical (unpaired) electrons. The lowest BCUT2D eigenvalue weighted by molar-refractivity contribution is 0.0855. The molecule has 19 heavy (non-hydrogen) atoms. The second-order valence-corrected chi connectivity index (χ2v) is 6.02. The molecule has 0 unspecified atom stereocenters. The molecule has 0 atom stereocenters. The van der Waals surface area contributed by atoms with E-state index in [1.165, 1.54) is 17.8 Å². The van der Waals surface area contributed by atoms with Crippen molar-refractivity contribution in [3.05, 3.63) is 4.88 Å². The molecular formula is C12H20N4O2S. The van der Waals surface area contributed by atoms with Crippen molar-refractivity contribution in [1.29, 1.82) is 0 Å². The third kappa shape index (κ3) is 3.36. The lowest BCUT2D eigenvalue weighted by atomic mass is 9.78. The van der Waals surface area contributed by atoms with E-state index >= 15 is 0 Å². The highest BCUT2D eigenvalue weighted by molar-refractivity contribution is 7.18. The fourth-order valence-corrected chi connectivity index (χ4v) is 2.80. The van der Waals surface area contributed by atoms with E-state index in [1.807, 2.05) is 0 Å². The molecule has 2 rings (SSSR count). The average molecular weight is 284 g/mol. The van der Waals surface area contributed by atoms with Gasteiger partial charge in [0.2, 0.25) is 0 Å². The topological polar surface area (TPSA) is 89.3 Å². The smallest absolute Gasteiger partial charge is 0.265 e. The van der Waals surface area contributed by atoms with Gasteiger partial charge in [-0.1, -0.05) is 11.3 Å². The Morgan fingerprint density at radius 2 is 2.32 bits per heavy atom. The Bertz CT molecular complexity index is 457. The Labute approximate surface area is 116 Å². The Morgan fingerprint density at radius 3 is 2.89 bits per heavy atom. The average Bonchev–Trinajstić information content (AvgIpc) is 2.69. The summed E-state index contributed by atoms with van der Waals surface area (Å²) >= 11 is 1.28. The first-order valence-electron chi connectivity index (χ1n) is 6.36. The Hall–Kier alpha value is -1.34. The minimum atomic E-state index is -0.128. The standard InChI is InChI=1S/C12H20N4O2S/c1-12(4-3-5-12)16-10(17)8-9(13)15-11(19-8)14-6-7-18-2/h3-7,13H2,1-2H3,(H,14,15)(H,16,17). The molecule has 1 amide bonds. The van der Waals surface area contributed by atoms with Crippen LogP contribution in [-0.2, 0) is 4.74 Å². The summed E-state index contributed by atoms with van der Waals surface area (Å²) in [5.41, 5.74) is 5.72. The predicted octanol–water partition coefficient (Wildman–Crippen LogP) is 1.46. The van der Waals surface area contributed by atoms with Gasteiger partial charge in [-0.2, -0.15) is 0 Å². The predicted molar refractivity (Wildman–Crippen MR) is 76.6 cm³/mol. The van der Waals surface area contributed by atoms with E-state index in [4.69, 9.17) is 10.5 Å². The number of ether oxygens (including phenoxy) is 1. The van der Waals surface area contributed by atoms with Crippen molar-refractivity contribution >= 4 is 28.2 Å². The highest BCUT2D eigenvalue weighted by Crippen LogP contribution is 2.32. The summed E-state index contributed by atoms with van der Waals surface area (Å²) in [7, 11) is 1.63. The Kier molecular flexibility index (Phi) is 4.26. The second kappa shape index (κ2) is 5.75. The molecule has 1 aromatic rings. The summed E-state index contributed by atoms with van der Waals surface area (Å²) in [5, 5.41) is 6.76. The lowest BCUT2D eigenvalue weighted by Gasteiger charge is -2.38. The summed E-state index contributed by atoms with van der Waals surface area (Å²) in [4.78, 5) is 16.8. The van der Waals surface area contributed by atoms with Crippen molar-refractivity contribution in [2.75, 3.05) is 31.3 Å². The molecule has 1 aromatic heterocycles. The monoisotopic (exact) mass is 284 g/mol. The number of nitrogens with two attached hydrogens (primary N) is 1. The van der Waals surface area contributed by atoms with Gasteiger partial charge in [-0.25, -0.2) is 4.98 Å². The van der Waals surface area contributed by atoms with Crippen LogP contribution in [0.2, 0.25) is 0 Å². The fourth-order valence-electron chi connectivity index (χ4n) is 1.99. The van der Waals surface area contributed by atoms with Gasteiger partial charge in [0.1, 0.15) is 10.7 Å². The van der Waals surface area contributed by atoms with E-state index in [-0.39, 0.29) is 17.3 Å². The molecule has 0 aliphatic heterocycles. The number of aromatic nitrogens is 1. The molecule has 7 heteroatoms. The number of carbonyl (C=O) groups excluding carboxylic acids is 1. The molecule has 1 fully saturated rings. The zero-order valence-electron chi connectivity index (χ0n) is 11.3. The number of nitrogens with one attached hydrogen (secondary N) is 2. The minimum Gasteiger partial charge on any atom is -0.383 e. The first kappa shape index (κ1) is 14.1. The second-order valence-electron chi connectivity index (χ2n) is 5.02. The van der Waals surface area contributed by atoms with Crippen molar-refractivity contribution in [3.8, 4) is 0 Å². The maximum Gasteiger partial charge on any atom is 0.265 e. The molecule has 0 aromatic carbocycles. The van der Waals surface area contributed by atoms with Gasteiger partial charge in [0.25, 0.3) is 5.91 Å². The number of nitrogen functional groups attached to an aromatic ring is 1. The highest BCUT2D eigenvalue weighted by Gasteiger charge is 2.34. The van der Waals surface area contributed by atoms with Crippen LogP contribution in [0, 0.1) is 0 Å². The number of hydrogen-bond acceptors (Lipinski definition) is 6. The zero-order chi connectivity index (χ0) is 13.9. The van der Waals surface area contributed by atoms with Crippen LogP contribution in [0.5, 0.6) is 0 Å². The minimum absolute atomic E-state index is 0.0723. The van der Waals surface area contributed by atoms with E-state index in [9.17, 15) is 4.79 Å². The quantitative estimate of drug-likeness (QED) is 0.688. The maximum atomic E-state index is 12.1. The van der Waals surface area contributed by atoms with Gasteiger partial charge < -0.3 is 21.1 Å². The molecule has 1 aliphatic carbocycles. The summed E-state index contributed by atoms with van der Waals surface area (Å²) < 4.78 is 4.94. The van der Waals surface area contributed by atoms with Crippen LogP contribution in [-0.4, -0.2) is 36.7 Å². The zero-order valence-corrected chi connectivity index (χ0v) is 12.1. The number of nitrogens with zero attached hydrogens (tertiary/aromatic N) is 1. The third-order valence-corrected chi connectivity index (χ3v) is 4.34. The van der Waals surface area contributed by atoms with Crippen molar-refractivity contribution in [2.45, 2.75) is 31.7 Å². The number of anilines is 2. The molecule has 1 saturated carbocycles. The normalized spacial score (nSPS) is 16.7. The van der Waals surface area contributed by atoms with E-state index in [2.05, 4.69) is 22.5 Å². The van der Waals surface area contributed by atoms with Crippen molar-refractivity contribution in [1.82, 2.24) is 10.3 Å². The number of hydrogen-bond donors (Lipinski definition) is 3. The van der Waals surface area contributed by atoms with Crippen LogP contribution in [0.3, 0.4) is 0 Å². The van der Waals surface area contributed by atoms with Crippen LogP contribution >= 0.6 is 11.3 Å². The molecule has 0 spiro atoms.